The number of allylic oxidation sites excluding steroid dienone is 1. The Bertz CT molecular complexity index is 2440. The number of para-hydroxylation sites is 3. The van der Waals surface area contributed by atoms with Crippen molar-refractivity contribution in [1.29, 1.82) is 0 Å². The Hall–Kier alpha value is -5.90. The summed E-state index contributed by atoms with van der Waals surface area (Å²) in [5.41, 5.74) is 1.58. The third-order valence-corrected chi connectivity index (χ3v) is 14.5. The van der Waals surface area contributed by atoms with Gasteiger partial charge in [0.25, 0.3) is 11.9 Å². The number of sulfonamides is 1. The molecule has 3 aromatic carbocycles. The monoisotopic (exact) mass is 850 g/mol. The maximum Gasteiger partial charge on any atom is 0.323 e. The van der Waals surface area contributed by atoms with Gasteiger partial charge in [-0.1, -0.05) is 67.5 Å². The van der Waals surface area contributed by atoms with Crippen LogP contribution in [0.5, 0.6) is 6.01 Å². The number of ether oxygens (including phenoxy) is 1. The van der Waals surface area contributed by atoms with Crippen LogP contribution in [0.2, 0.25) is 0 Å². The number of imidazole rings is 1. The van der Waals surface area contributed by atoms with Gasteiger partial charge in [-0.15, -0.1) is 0 Å². The molecule has 16 heteroatoms. The molecule has 4 aliphatic rings. The molecule has 8 rings (SSSR count). The first-order valence-corrected chi connectivity index (χ1v) is 22.7. The lowest BCUT2D eigenvalue weighted by molar-refractivity contribution is -0.140. The number of hydrogen-bond acceptors (Lipinski definition) is 9. The molecule has 4 aromatic rings. The van der Waals surface area contributed by atoms with Crippen molar-refractivity contribution in [2.24, 2.45) is 5.92 Å². The molecule has 2 saturated carbocycles. The zero-order chi connectivity index (χ0) is 42.9. The number of rotatable bonds is 10. The second kappa shape index (κ2) is 16.9. The van der Waals surface area contributed by atoms with Gasteiger partial charge < -0.3 is 30.9 Å². The van der Waals surface area contributed by atoms with E-state index in [0.29, 0.717) is 41.7 Å². The first-order valence-electron chi connectivity index (χ1n) is 21.3. The van der Waals surface area contributed by atoms with E-state index in [-0.39, 0.29) is 37.3 Å². The third kappa shape index (κ3) is 8.81. The number of benzene rings is 3. The molecule has 2 aliphatic carbocycles. The molecule has 3 heterocycles. The molecule has 0 radical (unpaired) electrons. The van der Waals surface area contributed by atoms with E-state index in [1.54, 1.807) is 25.1 Å². The number of fused-ring (bicyclic) bond motifs is 3. The predicted molar refractivity (Wildman–Crippen MR) is 233 cm³/mol. The SMILES string of the molecule is CC(C)n1c(O[C@@H]2C[C@H]3C(=O)N[C@]4(C(=O)NS(=O)(=O)C5(C)CC5)C[C@H]4/C=C\CCCCC[C@H](Nc4ccccc4)C(=O)N3C2)nc2c(NC(=O)Nc3ccccc3)cccc21. The normalized spacial score (nSPS) is 25.5. The zero-order valence-corrected chi connectivity index (χ0v) is 35.5. The zero-order valence-electron chi connectivity index (χ0n) is 34.7. The summed E-state index contributed by atoms with van der Waals surface area (Å²) < 4.78 is 36.4. The van der Waals surface area contributed by atoms with E-state index < -0.39 is 62.3 Å². The predicted octanol–water partition coefficient (Wildman–Crippen LogP) is 6.48. The molecule has 0 spiro atoms. The van der Waals surface area contributed by atoms with Crippen LogP contribution < -0.4 is 30.7 Å². The lowest BCUT2D eigenvalue weighted by Crippen LogP contribution is -2.58. The quantitative estimate of drug-likeness (QED) is 0.111. The van der Waals surface area contributed by atoms with Crippen LogP contribution in [0.1, 0.15) is 84.6 Å². The summed E-state index contributed by atoms with van der Waals surface area (Å²) in [4.78, 5) is 62.9. The van der Waals surface area contributed by atoms with E-state index in [1.807, 2.05) is 91.2 Å². The van der Waals surface area contributed by atoms with Crippen LogP contribution in [-0.2, 0) is 24.4 Å². The van der Waals surface area contributed by atoms with Crippen LogP contribution >= 0.6 is 0 Å². The van der Waals surface area contributed by atoms with Crippen LogP contribution in [0.3, 0.4) is 0 Å². The highest BCUT2D eigenvalue weighted by molar-refractivity contribution is 7.91. The van der Waals surface area contributed by atoms with Crippen molar-refractivity contribution in [1.82, 2.24) is 24.5 Å². The van der Waals surface area contributed by atoms with Gasteiger partial charge in [0.2, 0.25) is 21.8 Å². The largest absolute Gasteiger partial charge is 0.459 e. The molecule has 5 atom stereocenters. The number of hydrogen-bond donors (Lipinski definition) is 5. The van der Waals surface area contributed by atoms with Crippen molar-refractivity contribution in [2.45, 2.75) is 113 Å². The number of carbonyl (C=O) groups is 4. The van der Waals surface area contributed by atoms with Crippen molar-refractivity contribution in [3.63, 3.8) is 0 Å². The fourth-order valence-electron chi connectivity index (χ4n) is 8.42. The van der Waals surface area contributed by atoms with Crippen LogP contribution in [0.4, 0.5) is 21.9 Å². The molecule has 3 fully saturated rings. The molecule has 5 N–H and O–H groups in total. The van der Waals surface area contributed by atoms with E-state index in [0.717, 1.165) is 31.4 Å². The number of amides is 5. The number of nitrogens with zero attached hydrogens (tertiary/aromatic N) is 3. The average molecular weight is 851 g/mol. The van der Waals surface area contributed by atoms with Gasteiger partial charge in [0, 0.05) is 29.8 Å². The van der Waals surface area contributed by atoms with E-state index in [1.165, 1.54) is 4.90 Å². The van der Waals surface area contributed by atoms with Crippen LogP contribution in [0.25, 0.3) is 11.0 Å². The van der Waals surface area contributed by atoms with Gasteiger partial charge in [-0.2, -0.15) is 4.98 Å². The van der Waals surface area contributed by atoms with Crippen LogP contribution in [-0.4, -0.2) is 81.6 Å². The van der Waals surface area contributed by atoms with Crippen molar-refractivity contribution >= 4 is 61.9 Å². The third-order valence-electron chi connectivity index (χ3n) is 12.3. The molecule has 322 valence electrons. The van der Waals surface area contributed by atoms with Gasteiger partial charge in [-0.3, -0.25) is 23.7 Å². The summed E-state index contributed by atoms with van der Waals surface area (Å²) in [6.07, 6.45) is 8.16. The number of nitrogens with one attached hydrogen (secondary N) is 5. The fraction of sp³-hybridized carbons (Fsp3) is 0.444. The van der Waals surface area contributed by atoms with Gasteiger partial charge in [0.1, 0.15) is 29.2 Å². The Kier molecular flexibility index (Phi) is 11.6. The molecule has 15 nitrogen and oxygen atoms in total. The molecule has 0 bridgehead atoms. The smallest absolute Gasteiger partial charge is 0.323 e. The van der Waals surface area contributed by atoms with Gasteiger partial charge in [0.15, 0.2) is 0 Å². The average Bonchev–Trinajstić information content (AvgIpc) is 4.05. The molecule has 1 aromatic heterocycles. The molecular weight excluding hydrogens is 797 g/mol. The van der Waals surface area contributed by atoms with Crippen LogP contribution in [0.15, 0.2) is 91.0 Å². The first kappa shape index (κ1) is 41.8. The molecular formula is C45H54N8O7S. The summed E-state index contributed by atoms with van der Waals surface area (Å²) in [6, 6.07) is 22.0. The maximum atomic E-state index is 14.8. The van der Waals surface area contributed by atoms with Gasteiger partial charge in [-0.05, 0) is 95.7 Å². The summed E-state index contributed by atoms with van der Waals surface area (Å²) in [6.45, 7) is 5.63. The summed E-state index contributed by atoms with van der Waals surface area (Å²) >= 11 is 0. The Balaban J connectivity index is 1.10. The molecule has 61 heavy (non-hydrogen) atoms. The minimum Gasteiger partial charge on any atom is -0.459 e. The second-order valence-electron chi connectivity index (χ2n) is 17.2. The van der Waals surface area contributed by atoms with E-state index >= 15 is 0 Å². The Labute approximate surface area is 356 Å². The lowest BCUT2D eigenvalue weighted by atomic mass is 10.0. The van der Waals surface area contributed by atoms with Crippen LogP contribution in [0, 0.1) is 5.92 Å². The minimum absolute atomic E-state index is 0.0467. The van der Waals surface area contributed by atoms with Gasteiger partial charge in [0.05, 0.1) is 22.5 Å². The highest BCUT2D eigenvalue weighted by Crippen LogP contribution is 2.47. The number of carbonyl (C=O) groups excluding carboxylic acids is 4. The van der Waals surface area contributed by atoms with E-state index in [9.17, 15) is 27.6 Å². The maximum absolute atomic E-state index is 14.8. The number of anilines is 3. The molecule has 1 saturated heterocycles. The Morgan fingerprint density at radius 3 is 2.34 bits per heavy atom. The van der Waals surface area contributed by atoms with Crippen molar-refractivity contribution in [3.8, 4) is 6.01 Å². The molecule has 0 unspecified atom stereocenters. The number of aromatic nitrogens is 2. The van der Waals surface area contributed by atoms with E-state index in [4.69, 9.17) is 9.72 Å². The fourth-order valence-corrected chi connectivity index (χ4v) is 9.73. The highest BCUT2D eigenvalue weighted by Gasteiger charge is 2.63. The van der Waals surface area contributed by atoms with Gasteiger partial charge in [-0.25, -0.2) is 13.2 Å². The molecule has 2 aliphatic heterocycles. The summed E-state index contributed by atoms with van der Waals surface area (Å²) in [5, 5.41) is 12.1. The Morgan fingerprint density at radius 2 is 1.64 bits per heavy atom. The Morgan fingerprint density at radius 1 is 0.918 bits per heavy atom. The lowest BCUT2D eigenvalue weighted by Gasteiger charge is -2.30. The van der Waals surface area contributed by atoms with Crippen molar-refractivity contribution < 1.29 is 32.3 Å². The number of urea groups is 1. The standard InChI is InChI=1S/C45H54N8O7S/c1-29(2)53-36-23-15-22-34(48-42(57)47-32-19-12-8-13-20-32)38(36)49-43(53)60-33-26-37-39(54)50-45(41(56)51-61(58,59)44(3)24-25-44)27-30(45)16-9-5-4-6-14-21-35(40(55)52(37)28-33)46-31-17-10-7-11-18-31/h7-13,15-20,22-23,29-30,33,35,37,46H,4-6,14,21,24-28H2,1-3H3,(H,50,54)(H,51,56)(H2,47,48,57)/b16-9-/t30-,33-,35+,37+,45-/m1/s1. The first-order chi connectivity index (χ1) is 29.3. The highest BCUT2D eigenvalue weighted by atomic mass is 32.2. The van der Waals surface area contributed by atoms with E-state index in [2.05, 4.69) is 26.0 Å². The summed E-state index contributed by atoms with van der Waals surface area (Å²) in [5.74, 6) is -2.04. The summed E-state index contributed by atoms with van der Waals surface area (Å²) in [7, 11) is -3.99. The van der Waals surface area contributed by atoms with Crippen molar-refractivity contribution in [3.05, 3.63) is 91.0 Å². The van der Waals surface area contributed by atoms with Crippen molar-refractivity contribution in [2.75, 3.05) is 22.5 Å². The van der Waals surface area contributed by atoms with Gasteiger partial charge >= 0.3 is 6.03 Å². The topological polar surface area (TPSA) is 193 Å². The minimum atomic E-state index is -3.99. The second-order valence-corrected chi connectivity index (χ2v) is 19.4. The molecule has 5 amide bonds.